The number of hydrogen-bond acceptors (Lipinski definition) is 3. The summed E-state index contributed by atoms with van der Waals surface area (Å²) in [5.74, 6) is 0. The SMILES string of the molecule is N#CCc1ccc(C=NNc2ccccc2)cc1. The molecule has 18 heavy (non-hydrogen) atoms. The maximum absolute atomic E-state index is 8.57. The second kappa shape index (κ2) is 6.21. The lowest BCUT2D eigenvalue weighted by molar-refractivity contribution is 1.26. The van der Waals surface area contributed by atoms with Gasteiger partial charge in [-0.15, -0.1) is 0 Å². The van der Waals surface area contributed by atoms with Crippen molar-refractivity contribution in [1.82, 2.24) is 0 Å². The third kappa shape index (κ3) is 3.46. The van der Waals surface area contributed by atoms with Crippen molar-refractivity contribution in [3.63, 3.8) is 0 Å². The lowest BCUT2D eigenvalue weighted by Crippen LogP contribution is -1.90. The summed E-state index contributed by atoms with van der Waals surface area (Å²) in [6.07, 6.45) is 2.20. The maximum Gasteiger partial charge on any atom is 0.0669 e. The third-order valence-electron chi connectivity index (χ3n) is 2.44. The Morgan fingerprint density at radius 1 is 1.06 bits per heavy atom. The van der Waals surface area contributed by atoms with E-state index in [1.165, 1.54) is 0 Å². The van der Waals surface area contributed by atoms with Gasteiger partial charge in [0, 0.05) is 0 Å². The summed E-state index contributed by atoms with van der Waals surface area (Å²) in [5, 5.41) is 12.7. The molecule has 0 spiro atoms. The molecule has 88 valence electrons. The molecule has 2 aromatic rings. The summed E-state index contributed by atoms with van der Waals surface area (Å²) >= 11 is 0. The van der Waals surface area contributed by atoms with Gasteiger partial charge < -0.3 is 0 Å². The van der Waals surface area contributed by atoms with Crippen LogP contribution < -0.4 is 5.43 Å². The molecule has 0 amide bonds. The van der Waals surface area contributed by atoms with Crippen LogP contribution in [0.4, 0.5) is 5.69 Å². The molecule has 1 N–H and O–H groups in total. The second-order valence-electron chi connectivity index (χ2n) is 3.81. The average molecular weight is 235 g/mol. The van der Waals surface area contributed by atoms with E-state index in [1.54, 1.807) is 6.21 Å². The van der Waals surface area contributed by atoms with E-state index in [4.69, 9.17) is 5.26 Å². The van der Waals surface area contributed by atoms with E-state index in [-0.39, 0.29) is 0 Å². The predicted octanol–water partition coefficient (Wildman–Crippen LogP) is 3.20. The number of nitrogens with one attached hydrogen (secondary N) is 1. The highest BCUT2D eigenvalue weighted by molar-refractivity contribution is 5.80. The number of hydrogen-bond donors (Lipinski definition) is 1. The first kappa shape index (κ1) is 11.9. The largest absolute Gasteiger partial charge is 0.279 e. The van der Waals surface area contributed by atoms with Gasteiger partial charge in [0.1, 0.15) is 0 Å². The van der Waals surface area contributed by atoms with E-state index in [0.29, 0.717) is 6.42 Å². The molecule has 0 unspecified atom stereocenters. The van der Waals surface area contributed by atoms with Crippen molar-refractivity contribution in [2.45, 2.75) is 6.42 Å². The van der Waals surface area contributed by atoms with Gasteiger partial charge in [-0.25, -0.2) is 0 Å². The van der Waals surface area contributed by atoms with Crippen LogP contribution in [0, 0.1) is 11.3 Å². The number of benzene rings is 2. The fourth-order valence-corrected chi connectivity index (χ4v) is 1.51. The molecule has 3 nitrogen and oxygen atoms in total. The molecule has 0 saturated heterocycles. The van der Waals surface area contributed by atoms with E-state index in [1.807, 2.05) is 54.6 Å². The van der Waals surface area contributed by atoms with Crippen LogP contribution in [0.15, 0.2) is 59.7 Å². The Balaban J connectivity index is 1.95. The molecule has 3 heteroatoms. The fraction of sp³-hybridized carbons (Fsp3) is 0.0667. The Labute approximate surface area is 106 Å². The van der Waals surface area contributed by atoms with Crippen LogP contribution in [0.2, 0.25) is 0 Å². The molecular weight excluding hydrogens is 222 g/mol. The summed E-state index contributed by atoms with van der Waals surface area (Å²) < 4.78 is 0. The van der Waals surface area contributed by atoms with Gasteiger partial charge in [0.05, 0.1) is 24.4 Å². The number of nitriles is 1. The van der Waals surface area contributed by atoms with Gasteiger partial charge in [-0.3, -0.25) is 5.43 Å². The van der Waals surface area contributed by atoms with Crippen molar-refractivity contribution in [3.05, 3.63) is 65.7 Å². The lowest BCUT2D eigenvalue weighted by atomic mass is 10.1. The zero-order valence-electron chi connectivity index (χ0n) is 9.88. The molecule has 0 aliphatic carbocycles. The highest BCUT2D eigenvalue weighted by Gasteiger charge is 1.91. The molecule has 0 aliphatic heterocycles. The van der Waals surface area contributed by atoms with Gasteiger partial charge in [0.25, 0.3) is 0 Å². The minimum absolute atomic E-state index is 0.444. The summed E-state index contributed by atoms with van der Waals surface area (Å²) in [7, 11) is 0. The van der Waals surface area contributed by atoms with Gasteiger partial charge in [-0.1, -0.05) is 42.5 Å². The first-order valence-corrected chi connectivity index (χ1v) is 5.68. The minimum Gasteiger partial charge on any atom is -0.279 e. The zero-order valence-corrected chi connectivity index (χ0v) is 9.88. The summed E-state index contributed by atoms with van der Waals surface area (Å²) in [6, 6.07) is 19.7. The van der Waals surface area contributed by atoms with E-state index in [0.717, 1.165) is 16.8 Å². The van der Waals surface area contributed by atoms with E-state index in [2.05, 4.69) is 16.6 Å². The molecular formula is C15H13N3. The van der Waals surface area contributed by atoms with Gasteiger partial charge in [0.15, 0.2) is 0 Å². The molecule has 0 aromatic heterocycles. The van der Waals surface area contributed by atoms with Crippen LogP contribution in [0.5, 0.6) is 0 Å². The van der Waals surface area contributed by atoms with Crippen molar-refractivity contribution in [1.29, 1.82) is 5.26 Å². The number of nitrogens with zero attached hydrogens (tertiary/aromatic N) is 2. The summed E-state index contributed by atoms with van der Waals surface area (Å²) in [4.78, 5) is 0. The van der Waals surface area contributed by atoms with Crippen LogP contribution in [-0.4, -0.2) is 6.21 Å². The fourth-order valence-electron chi connectivity index (χ4n) is 1.51. The van der Waals surface area contributed by atoms with Gasteiger partial charge in [0.2, 0.25) is 0 Å². The topological polar surface area (TPSA) is 48.2 Å². The lowest BCUT2D eigenvalue weighted by Gasteiger charge is -1.99. The Hall–Kier alpha value is -2.60. The standard InChI is InChI=1S/C15H13N3/c16-11-10-13-6-8-14(9-7-13)12-17-18-15-4-2-1-3-5-15/h1-9,12,18H,10H2. The number of rotatable bonds is 4. The summed E-state index contributed by atoms with van der Waals surface area (Å²) in [5.41, 5.74) is 5.92. The van der Waals surface area contributed by atoms with Crippen LogP contribution in [0.25, 0.3) is 0 Å². The maximum atomic E-state index is 8.57. The highest BCUT2D eigenvalue weighted by atomic mass is 15.3. The molecule has 2 rings (SSSR count). The highest BCUT2D eigenvalue weighted by Crippen LogP contribution is 2.05. The van der Waals surface area contributed by atoms with Gasteiger partial charge in [-0.2, -0.15) is 10.4 Å². The van der Waals surface area contributed by atoms with Crippen LogP contribution in [-0.2, 0) is 6.42 Å². The third-order valence-corrected chi connectivity index (χ3v) is 2.44. The number of para-hydroxylation sites is 1. The first-order valence-electron chi connectivity index (χ1n) is 5.68. The van der Waals surface area contributed by atoms with E-state index in [9.17, 15) is 0 Å². The quantitative estimate of drug-likeness (QED) is 0.653. The average Bonchev–Trinajstić information content (AvgIpc) is 2.42. The molecule has 0 aliphatic rings. The zero-order chi connectivity index (χ0) is 12.6. The van der Waals surface area contributed by atoms with Crippen LogP contribution >= 0.6 is 0 Å². The Kier molecular flexibility index (Phi) is 4.10. The van der Waals surface area contributed by atoms with Crippen LogP contribution in [0.3, 0.4) is 0 Å². The van der Waals surface area contributed by atoms with Crippen molar-refractivity contribution < 1.29 is 0 Å². The number of hydrazone groups is 1. The van der Waals surface area contributed by atoms with E-state index < -0.39 is 0 Å². The normalized spacial score (nSPS) is 10.2. The molecule has 0 atom stereocenters. The Morgan fingerprint density at radius 3 is 2.44 bits per heavy atom. The molecule has 0 bridgehead atoms. The molecule has 0 radical (unpaired) electrons. The van der Waals surface area contributed by atoms with Crippen molar-refractivity contribution in [3.8, 4) is 6.07 Å². The second-order valence-corrected chi connectivity index (χ2v) is 3.81. The number of anilines is 1. The first-order chi connectivity index (χ1) is 8.88. The Bertz CT molecular complexity index is 551. The van der Waals surface area contributed by atoms with Gasteiger partial charge >= 0.3 is 0 Å². The van der Waals surface area contributed by atoms with Gasteiger partial charge in [-0.05, 0) is 23.3 Å². The molecule has 0 saturated carbocycles. The smallest absolute Gasteiger partial charge is 0.0669 e. The van der Waals surface area contributed by atoms with Crippen molar-refractivity contribution >= 4 is 11.9 Å². The Morgan fingerprint density at radius 2 is 1.78 bits per heavy atom. The van der Waals surface area contributed by atoms with E-state index >= 15 is 0 Å². The molecule has 0 fully saturated rings. The monoisotopic (exact) mass is 235 g/mol. The van der Waals surface area contributed by atoms with Crippen molar-refractivity contribution in [2.24, 2.45) is 5.10 Å². The van der Waals surface area contributed by atoms with Crippen LogP contribution in [0.1, 0.15) is 11.1 Å². The minimum atomic E-state index is 0.444. The molecule has 2 aromatic carbocycles. The summed E-state index contributed by atoms with van der Waals surface area (Å²) in [6.45, 7) is 0. The predicted molar refractivity (Wildman–Crippen MR) is 73.4 cm³/mol. The molecule has 0 heterocycles. The van der Waals surface area contributed by atoms with Crippen molar-refractivity contribution in [2.75, 3.05) is 5.43 Å².